The normalized spacial score (nSPS) is 14.7. The van der Waals surface area contributed by atoms with E-state index in [4.69, 9.17) is 4.74 Å². The van der Waals surface area contributed by atoms with Crippen LogP contribution in [0.2, 0.25) is 0 Å². The summed E-state index contributed by atoms with van der Waals surface area (Å²) >= 11 is 2.57. The van der Waals surface area contributed by atoms with Crippen LogP contribution in [-0.4, -0.2) is 52.4 Å². The lowest BCUT2D eigenvalue weighted by molar-refractivity contribution is -0.151. The highest BCUT2D eigenvalue weighted by atomic mass is 32.2. The van der Waals surface area contributed by atoms with Crippen LogP contribution < -0.4 is 5.32 Å². The second-order valence-electron chi connectivity index (χ2n) is 6.17. The first-order valence-electron chi connectivity index (χ1n) is 8.99. The van der Waals surface area contributed by atoms with Crippen molar-refractivity contribution in [2.75, 3.05) is 30.8 Å². The molecule has 1 N–H and O–H groups in total. The molecule has 0 saturated carbocycles. The van der Waals surface area contributed by atoms with E-state index < -0.39 is 0 Å². The van der Waals surface area contributed by atoms with Crippen molar-refractivity contribution in [3.63, 3.8) is 0 Å². The van der Waals surface area contributed by atoms with Crippen molar-refractivity contribution in [3.05, 3.63) is 30.1 Å². The molecule has 1 aliphatic heterocycles. The minimum Gasteiger partial charge on any atom is -0.466 e. The van der Waals surface area contributed by atoms with E-state index >= 15 is 0 Å². The third-order valence-corrected chi connectivity index (χ3v) is 6.27. The highest BCUT2D eigenvalue weighted by Crippen LogP contribution is 2.29. The molecule has 0 spiro atoms. The van der Waals surface area contributed by atoms with Crippen LogP contribution in [0.3, 0.4) is 0 Å². The number of benzene rings is 1. The summed E-state index contributed by atoms with van der Waals surface area (Å²) in [4.78, 5) is 25.9. The second kappa shape index (κ2) is 9.83. The lowest BCUT2D eigenvalue weighted by Crippen LogP contribution is -2.41. The van der Waals surface area contributed by atoms with Crippen molar-refractivity contribution in [2.45, 2.75) is 24.1 Å². The van der Waals surface area contributed by atoms with Crippen molar-refractivity contribution < 1.29 is 18.7 Å². The van der Waals surface area contributed by atoms with E-state index in [0.29, 0.717) is 47.7 Å². The average molecular weight is 425 g/mol. The molecule has 1 amide bonds. The molecule has 1 aromatic heterocycles. The molecule has 1 aliphatic rings. The molecule has 150 valence electrons. The van der Waals surface area contributed by atoms with Crippen molar-refractivity contribution in [2.24, 2.45) is 5.92 Å². The third-order valence-electron chi connectivity index (χ3n) is 4.31. The van der Waals surface area contributed by atoms with Crippen LogP contribution in [0.5, 0.6) is 0 Å². The lowest BCUT2D eigenvalue weighted by Gasteiger charge is -2.30. The highest BCUT2D eigenvalue weighted by molar-refractivity contribution is 8.01. The monoisotopic (exact) mass is 424 g/mol. The Balaban J connectivity index is 1.45. The zero-order valence-corrected chi connectivity index (χ0v) is 17.0. The van der Waals surface area contributed by atoms with Gasteiger partial charge in [-0.3, -0.25) is 9.59 Å². The maximum absolute atomic E-state index is 13.7. The third kappa shape index (κ3) is 5.41. The molecule has 2 aromatic rings. The summed E-state index contributed by atoms with van der Waals surface area (Å²) in [6.45, 7) is 3.28. The van der Waals surface area contributed by atoms with Crippen LogP contribution in [0.1, 0.15) is 19.8 Å². The zero-order valence-electron chi connectivity index (χ0n) is 15.4. The predicted octanol–water partition coefficient (Wildman–Crippen LogP) is 3.31. The molecular formula is C18H21FN4O3S2. The number of ether oxygens (including phenoxy) is 1. The molecule has 0 aliphatic carbocycles. The number of likely N-dealkylation sites (tertiary alicyclic amines) is 1. The van der Waals surface area contributed by atoms with Gasteiger partial charge in [0.2, 0.25) is 11.0 Å². The van der Waals surface area contributed by atoms with Crippen LogP contribution in [-0.2, 0) is 14.3 Å². The first kappa shape index (κ1) is 20.5. The summed E-state index contributed by atoms with van der Waals surface area (Å²) in [6.07, 6.45) is 1.26. The number of esters is 1. The molecule has 10 heteroatoms. The second-order valence-corrected chi connectivity index (χ2v) is 8.37. The van der Waals surface area contributed by atoms with Gasteiger partial charge in [-0.15, -0.1) is 10.2 Å². The zero-order chi connectivity index (χ0) is 19.9. The number of aromatic nitrogens is 2. The summed E-state index contributed by atoms with van der Waals surface area (Å²) in [6, 6.07) is 6.32. The number of nitrogens with zero attached hydrogens (tertiary/aromatic N) is 3. The van der Waals surface area contributed by atoms with E-state index in [1.807, 2.05) is 0 Å². The van der Waals surface area contributed by atoms with Gasteiger partial charge < -0.3 is 15.0 Å². The molecule has 3 rings (SSSR count). The number of carbonyl (C=O) groups is 2. The van der Waals surface area contributed by atoms with Crippen LogP contribution in [0, 0.1) is 11.7 Å². The highest BCUT2D eigenvalue weighted by Gasteiger charge is 2.28. The standard InChI is InChI=1S/C18H21FN4O3S2/c1-2-26-16(25)12-7-9-23(10-8-12)15(24)11-27-18-22-21-17(28-18)20-14-6-4-3-5-13(14)19/h3-6,12H,2,7-11H2,1H3,(H,20,21). The van der Waals surface area contributed by atoms with Gasteiger partial charge in [0.05, 0.1) is 24.0 Å². The van der Waals surface area contributed by atoms with Gasteiger partial charge in [0, 0.05) is 13.1 Å². The summed E-state index contributed by atoms with van der Waals surface area (Å²) in [5.74, 6) is -0.405. The molecule has 28 heavy (non-hydrogen) atoms. The van der Waals surface area contributed by atoms with Gasteiger partial charge in [-0.1, -0.05) is 35.2 Å². The number of nitrogens with one attached hydrogen (secondary N) is 1. The number of thioether (sulfide) groups is 1. The molecular weight excluding hydrogens is 403 g/mol. The molecule has 0 atom stereocenters. The Hall–Kier alpha value is -2.20. The maximum atomic E-state index is 13.7. The Morgan fingerprint density at radius 1 is 1.32 bits per heavy atom. The summed E-state index contributed by atoms with van der Waals surface area (Å²) in [5.41, 5.74) is 0.329. The fourth-order valence-corrected chi connectivity index (χ4v) is 4.50. The van der Waals surface area contributed by atoms with Gasteiger partial charge in [0.25, 0.3) is 0 Å². The van der Waals surface area contributed by atoms with Gasteiger partial charge in [-0.25, -0.2) is 4.39 Å². The Kier molecular flexibility index (Phi) is 7.21. The maximum Gasteiger partial charge on any atom is 0.309 e. The van der Waals surface area contributed by atoms with E-state index in [9.17, 15) is 14.0 Å². The van der Waals surface area contributed by atoms with Gasteiger partial charge in [-0.2, -0.15) is 0 Å². The topological polar surface area (TPSA) is 84.4 Å². The fourth-order valence-electron chi connectivity index (χ4n) is 2.84. The Morgan fingerprint density at radius 2 is 2.07 bits per heavy atom. The number of hydrogen-bond donors (Lipinski definition) is 1. The smallest absolute Gasteiger partial charge is 0.309 e. The van der Waals surface area contributed by atoms with Gasteiger partial charge in [0.1, 0.15) is 5.82 Å². The van der Waals surface area contributed by atoms with Gasteiger partial charge >= 0.3 is 5.97 Å². The molecule has 0 unspecified atom stereocenters. The van der Waals surface area contributed by atoms with Crippen molar-refractivity contribution >= 4 is 45.8 Å². The van der Waals surface area contributed by atoms with Crippen LogP contribution in [0.4, 0.5) is 15.2 Å². The van der Waals surface area contributed by atoms with Gasteiger partial charge in [-0.05, 0) is 31.9 Å². The number of rotatable bonds is 7. The number of para-hydroxylation sites is 1. The quantitative estimate of drug-likeness (QED) is 0.539. The predicted molar refractivity (Wildman–Crippen MR) is 106 cm³/mol. The number of piperidine rings is 1. The van der Waals surface area contributed by atoms with E-state index in [-0.39, 0.29) is 29.4 Å². The average Bonchev–Trinajstić information content (AvgIpc) is 3.15. The summed E-state index contributed by atoms with van der Waals surface area (Å²) in [7, 11) is 0. The number of anilines is 2. The van der Waals surface area contributed by atoms with Crippen molar-refractivity contribution in [1.29, 1.82) is 0 Å². The SMILES string of the molecule is CCOC(=O)C1CCN(C(=O)CSc2nnc(Nc3ccccc3F)s2)CC1. The van der Waals surface area contributed by atoms with E-state index in [1.165, 1.54) is 29.2 Å². The fraction of sp³-hybridized carbons (Fsp3) is 0.444. The molecule has 0 bridgehead atoms. The molecule has 1 saturated heterocycles. The van der Waals surface area contributed by atoms with E-state index in [0.717, 1.165) is 0 Å². The largest absolute Gasteiger partial charge is 0.466 e. The van der Waals surface area contributed by atoms with E-state index in [1.54, 1.807) is 30.0 Å². The Morgan fingerprint density at radius 3 is 2.79 bits per heavy atom. The van der Waals surface area contributed by atoms with Gasteiger partial charge in [0.15, 0.2) is 4.34 Å². The van der Waals surface area contributed by atoms with E-state index in [2.05, 4.69) is 15.5 Å². The Bertz CT molecular complexity index is 825. The minimum absolute atomic E-state index is 0.00567. The first-order chi connectivity index (χ1) is 13.6. The van der Waals surface area contributed by atoms with Crippen LogP contribution >= 0.6 is 23.1 Å². The molecule has 1 fully saturated rings. The lowest BCUT2D eigenvalue weighted by atomic mass is 9.97. The number of hydrogen-bond acceptors (Lipinski definition) is 8. The molecule has 0 radical (unpaired) electrons. The molecule has 2 heterocycles. The van der Waals surface area contributed by atoms with Crippen molar-refractivity contribution in [3.8, 4) is 0 Å². The van der Waals surface area contributed by atoms with Crippen LogP contribution in [0.25, 0.3) is 0 Å². The number of carbonyl (C=O) groups excluding carboxylic acids is 2. The molecule has 7 nitrogen and oxygen atoms in total. The number of amides is 1. The minimum atomic E-state index is -0.367. The number of halogens is 1. The first-order valence-corrected chi connectivity index (χ1v) is 10.8. The van der Waals surface area contributed by atoms with Crippen molar-refractivity contribution in [1.82, 2.24) is 15.1 Å². The van der Waals surface area contributed by atoms with Crippen LogP contribution in [0.15, 0.2) is 28.6 Å². The summed E-state index contributed by atoms with van der Waals surface area (Å²) < 4.78 is 19.3. The molecule has 1 aromatic carbocycles. The summed E-state index contributed by atoms with van der Waals surface area (Å²) in [5, 5.41) is 11.4. The Labute approximate surface area is 170 Å².